The molecule has 0 aliphatic carbocycles. The zero-order valence-electron chi connectivity index (χ0n) is 16.8. The molecule has 2 aromatic rings. The molecule has 0 atom stereocenters. The Morgan fingerprint density at radius 3 is 2.56 bits per heavy atom. The Balaban J connectivity index is 0.00000126. The Morgan fingerprint density at radius 1 is 1.04 bits per heavy atom. The van der Waals surface area contributed by atoms with E-state index in [0.29, 0.717) is 5.56 Å². The van der Waals surface area contributed by atoms with Crippen molar-refractivity contribution in [3.63, 3.8) is 0 Å². The topological polar surface area (TPSA) is 41.5 Å². The fourth-order valence-electron chi connectivity index (χ4n) is 2.86. The molecular weight excluding hydrogens is 352 g/mol. The number of hydrogen-bond donors (Lipinski definition) is 1. The maximum Gasteiger partial charge on any atom is 0.251 e. The normalized spacial score (nSPS) is 11.9. The summed E-state index contributed by atoms with van der Waals surface area (Å²) in [5.74, 6) is -0.0183. The molecule has 1 heterocycles. The summed E-state index contributed by atoms with van der Waals surface area (Å²) in [5.41, 5.74) is 3.89. The van der Waals surface area contributed by atoms with Crippen molar-refractivity contribution in [2.75, 3.05) is 6.54 Å². The van der Waals surface area contributed by atoms with E-state index in [2.05, 4.69) is 43.4 Å². The second-order valence-electron chi connectivity index (χ2n) is 6.20. The van der Waals surface area contributed by atoms with Gasteiger partial charge in [0.1, 0.15) is 0 Å². The molecule has 0 aromatic heterocycles. The van der Waals surface area contributed by atoms with Crippen molar-refractivity contribution in [1.29, 1.82) is 0 Å². The number of nitrogens with zero attached hydrogens (tertiary/aromatic N) is 1. The Labute approximate surface area is 167 Å². The number of carbonyl (C=O) groups excluding carboxylic acids is 1. The van der Waals surface area contributed by atoms with Crippen molar-refractivity contribution >= 4 is 29.1 Å². The van der Waals surface area contributed by atoms with E-state index < -0.39 is 0 Å². The van der Waals surface area contributed by atoms with E-state index in [1.54, 1.807) is 11.8 Å². The van der Waals surface area contributed by atoms with Crippen LogP contribution < -0.4 is 5.32 Å². The first-order valence-electron chi connectivity index (χ1n) is 10.00. The first-order chi connectivity index (χ1) is 13.2. The van der Waals surface area contributed by atoms with Crippen LogP contribution in [0.5, 0.6) is 0 Å². The monoisotopic (exact) mass is 382 g/mol. The largest absolute Gasteiger partial charge is 0.352 e. The molecule has 0 bridgehead atoms. The second kappa shape index (κ2) is 10.9. The third-order valence-electron chi connectivity index (χ3n) is 4.20. The van der Waals surface area contributed by atoms with Gasteiger partial charge in [-0.1, -0.05) is 70.5 Å². The number of benzene rings is 2. The van der Waals surface area contributed by atoms with E-state index in [9.17, 15) is 4.79 Å². The zero-order chi connectivity index (χ0) is 19.6. The van der Waals surface area contributed by atoms with Crippen molar-refractivity contribution in [2.24, 2.45) is 4.99 Å². The number of unbranched alkanes of at least 4 members (excludes halogenated alkanes) is 1. The number of fused-ring (bicyclic) bond motifs is 2. The quantitative estimate of drug-likeness (QED) is 0.570. The molecule has 1 aliphatic rings. The predicted molar refractivity (Wildman–Crippen MR) is 117 cm³/mol. The van der Waals surface area contributed by atoms with Crippen LogP contribution in [0.2, 0.25) is 0 Å². The summed E-state index contributed by atoms with van der Waals surface area (Å²) in [6.45, 7) is 9.01. The Kier molecular flexibility index (Phi) is 8.59. The molecule has 0 spiro atoms. The van der Waals surface area contributed by atoms with Gasteiger partial charge < -0.3 is 5.32 Å². The summed E-state index contributed by atoms with van der Waals surface area (Å²) in [4.78, 5) is 19.6. The summed E-state index contributed by atoms with van der Waals surface area (Å²) in [6.07, 6.45) is 4.05. The minimum Gasteiger partial charge on any atom is -0.352 e. The van der Waals surface area contributed by atoms with Crippen molar-refractivity contribution in [3.05, 3.63) is 53.6 Å². The lowest BCUT2D eigenvalue weighted by Crippen LogP contribution is -2.24. The maximum atomic E-state index is 12.4. The lowest BCUT2D eigenvalue weighted by molar-refractivity contribution is 0.0953. The molecule has 0 saturated heterocycles. The average molecular weight is 383 g/mol. The average Bonchev–Trinajstić information content (AvgIpc) is 2.86. The molecule has 0 radical (unpaired) electrons. The van der Waals surface area contributed by atoms with Crippen molar-refractivity contribution in [2.45, 2.75) is 63.2 Å². The van der Waals surface area contributed by atoms with Crippen LogP contribution in [0.15, 0.2) is 57.2 Å². The molecule has 0 unspecified atom stereocenters. The van der Waals surface area contributed by atoms with Crippen LogP contribution in [0.25, 0.3) is 0 Å². The Bertz CT molecular complexity index is 799. The molecule has 2 aromatic carbocycles. The van der Waals surface area contributed by atoms with Gasteiger partial charge in [0.2, 0.25) is 0 Å². The molecule has 0 saturated carbocycles. The molecule has 0 fully saturated rings. The Morgan fingerprint density at radius 2 is 1.81 bits per heavy atom. The number of rotatable bonds is 6. The first kappa shape index (κ1) is 21.2. The van der Waals surface area contributed by atoms with Gasteiger partial charge >= 0.3 is 0 Å². The van der Waals surface area contributed by atoms with E-state index in [4.69, 9.17) is 4.99 Å². The number of nitrogens with one attached hydrogen (secondary N) is 1. The van der Waals surface area contributed by atoms with Gasteiger partial charge in [0.15, 0.2) is 0 Å². The van der Waals surface area contributed by atoms with E-state index in [1.165, 1.54) is 10.5 Å². The van der Waals surface area contributed by atoms with Crippen molar-refractivity contribution < 1.29 is 4.79 Å². The number of amides is 1. The highest BCUT2D eigenvalue weighted by Gasteiger charge is 2.18. The van der Waals surface area contributed by atoms with Crippen LogP contribution in [0.1, 0.15) is 69.3 Å². The number of aliphatic imine (C=N–C) groups is 1. The van der Waals surface area contributed by atoms with Crippen LogP contribution in [-0.4, -0.2) is 18.2 Å². The van der Waals surface area contributed by atoms with Gasteiger partial charge in [0, 0.05) is 33.2 Å². The summed E-state index contributed by atoms with van der Waals surface area (Å²) in [7, 11) is 0. The summed E-state index contributed by atoms with van der Waals surface area (Å²) >= 11 is 1.73. The predicted octanol–water partition coefficient (Wildman–Crippen LogP) is 6.63. The lowest BCUT2D eigenvalue weighted by atomic mass is 10.1. The van der Waals surface area contributed by atoms with E-state index in [0.717, 1.165) is 48.5 Å². The van der Waals surface area contributed by atoms with Gasteiger partial charge in [-0.15, -0.1) is 0 Å². The Hall–Kier alpha value is -2.07. The maximum absolute atomic E-state index is 12.4. The number of hydrogen-bond acceptors (Lipinski definition) is 3. The van der Waals surface area contributed by atoms with E-state index >= 15 is 0 Å². The fraction of sp³-hybridized carbons (Fsp3) is 0.391. The third kappa shape index (κ3) is 5.46. The summed E-state index contributed by atoms with van der Waals surface area (Å²) < 4.78 is 0. The molecule has 144 valence electrons. The zero-order valence-corrected chi connectivity index (χ0v) is 17.7. The summed E-state index contributed by atoms with van der Waals surface area (Å²) in [6, 6.07) is 14.3. The first-order valence-corrected chi connectivity index (χ1v) is 10.8. The van der Waals surface area contributed by atoms with Crippen LogP contribution in [0.4, 0.5) is 5.69 Å². The van der Waals surface area contributed by atoms with Gasteiger partial charge in [-0.25, -0.2) is 0 Å². The van der Waals surface area contributed by atoms with Gasteiger partial charge in [0.05, 0.1) is 5.69 Å². The molecule has 1 aliphatic heterocycles. The van der Waals surface area contributed by atoms with Gasteiger partial charge in [0.25, 0.3) is 5.91 Å². The summed E-state index contributed by atoms with van der Waals surface area (Å²) in [5, 5.41) is 2.98. The molecular formula is C23H30N2OS. The molecule has 3 rings (SSSR count). The van der Waals surface area contributed by atoms with E-state index in [1.807, 2.05) is 32.0 Å². The highest BCUT2D eigenvalue weighted by atomic mass is 32.2. The van der Waals surface area contributed by atoms with Gasteiger partial charge in [-0.05, 0) is 37.1 Å². The standard InChI is InChI=1S/C21H24N2OS.C2H6/c1-3-5-13-22-21(24)15-11-12-20-18(14-15)23-17(8-4-2)16-9-6-7-10-19(16)25-20;1-2/h6-7,9-12,14H,3-5,8,13H2,1-2H3,(H,22,24);1-2H3. The van der Waals surface area contributed by atoms with Crippen molar-refractivity contribution in [1.82, 2.24) is 5.32 Å². The molecule has 3 nitrogen and oxygen atoms in total. The number of carbonyl (C=O) groups is 1. The van der Waals surface area contributed by atoms with Gasteiger partial charge in [-0.2, -0.15) is 0 Å². The minimum absolute atomic E-state index is 0.0183. The molecule has 27 heavy (non-hydrogen) atoms. The third-order valence-corrected chi connectivity index (χ3v) is 5.34. The highest BCUT2D eigenvalue weighted by Crippen LogP contribution is 2.41. The lowest BCUT2D eigenvalue weighted by Gasteiger charge is -2.08. The van der Waals surface area contributed by atoms with Crippen LogP contribution in [-0.2, 0) is 0 Å². The van der Waals surface area contributed by atoms with Crippen LogP contribution >= 0.6 is 11.8 Å². The van der Waals surface area contributed by atoms with Crippen molar-refractivity contribution in [3.8, 4) is 0 Å². The van der Waals surface area contributed by atoms with Crippen LogP contribution in [0.3, 0.4) is 0 Å². The molecule has 1 N–H and O–H groups in total. The van der Waals surface area contributed by atoms with Gasteiger partial charge in [-0.3, -0.25) is 9.79 Å². The smallest absolute Gasteiger partial charge is 0.251 e. The van der Waals surface area contributed by atoms with E-state index in [-0.39, 0.29) is 5.91 Å². The SMILES string of the molecule is CC.CCCCNC(=O)c1ccc2c(c1)N=C(CCC)c1ccccc1S2. The molecule has 4 heteroatoms. The fourth-order valence-corrected chi connectivity index (χ4v) is 3.88. The molecule has 1 amide bonds. The second-order valence-corrected chi connectivity index (χ2v) is 7.28. The van der Waals surface area contributed by atoms with Crippen LogP contribution in [0, 0.1) is 0 Å². The highest BCUT2D eigenvalue weighted by molar-refractivity contribution is 7.99. The minimum atomic E-state index is -0.0183.